The molecular formula is C15H21N3O3. The van der Waals surface area contributed by atoms with Crippen molar-refractivity contribution in [1.82, 2.24) is 10.0 Å². The minimum atomic E-state index is -0.485. The fourth-order valence-electron chi connectivity index (χ4n) is 2.96. The summed E-state index contributed by atoms with van der Waals surface area (Å²) in [5.74, 6) is -0.485. The molecule has 0 radical (unpaired) electrons. The van der Waals surface area contributed by atoms with E-state index in [0.29, 0.717) is 18.6 Å². The first-order valence-electron chi connectivity index (χ1n) is 6.90. The number of hydrogen-bond donors (Lipinski definition) is 1. The van der Waals surface area contributed by atoms with E-state index in [1.807, 2.05) is 27.7 Å². The van der Waals surface area contributed by atoms with Gasteiger partial charge >= 0.3 is 5.97 Å². The first-order chi connectivity index (χ1) is 9.76. The molecule has 0 bridgehead atoms. The van der Waals surface area contributed by atoms with Crippen LogP contribution in [0.25, 0.3) is 0 Å². The highest BCUT2D eigenvalue weighted by Gasteiger charge is 2.47. The van der Waals surface area contributed by atoms with Crippen LogP contribution in [0.2, 0.25) is 0 Å². The van der Waals surface area contributed by atoms with Crippen LogP contribution in [0.4, 0.5) is 0 Å². The molecule has 0 spiro atoms. The SMILES string of the molecule is CC1(C)CC(=NO)CC(C)(C)N1OC(=O)c1ccccn1. The monoisotopic (exact) mass is 291 g/mol. The van der Waals surface area contributed by atoms with Crippen molar-refractivity contribution in [2.75, 3.05) is 0 Å². The minimum absolute atomic E-state index is 0.269. The number of pyridine rings is 1. The van der Waals surface area contributed by atoms with E-state index in [9.17, 15) is 4.79 Å². The Balaban J connectivity index is 2.23. The molecule has 0 aromatic carbocycles. The van der Waals surface area contributed by atoms with Gasteiger partial charge in [-0.05, 0) is 39.8 Å². The highest BCUT2D eigenvalue weighted by Crippen LogP contribution is 2.37. The van der Waals surface area contributed by atoms with Crippen molar-refractivity contribution in [3.8, 4) is 0 Å². The van der Waals surface area contributed by atoms with E-state index in [1.54, 1.807) is 29.5 Å². The lowest BCUT2D eigenvalue weighted by molar-refractivity contribution is -0.226. The Morgan fingerprint density at radius 2 is 1.90 bits per heavy atom. The molecule has 1 aliphatic rings. The Labute approximate surface area is 124 Å². The highest BCUT2D eigenvalue weighted by atomic mass is 16.7. The molecule has 2 heterocycles. The maximum atomic E-state index is 12.2. The van der Waals surface area contributed by atoms with E-state index in [1.165, 1.54) is 0 Å². The summed E-state index contributed by atoms with van der Waals surface area (Å²) in [6.07, 6.45) is 2.62. The number of hydrogen-bond acceptors (Lipinski definition) is 6. The third kappa shape index (κ3) is 3.21. The van der Waals surface area contributed by atoms with Crippen LogP contribution >= 0.6 is 0 Å². The molecule has 0 unspecified atom stereocenters. The van der Waals surface area contributed by atoms with Gasteiger partial charge in [0.15, 0.2) is 0 Å². The van der Waals surface area contributed by atoms with Crippen LogP contribution in [-0.4, -0.2) is 38.0 Å². The van der Waals surface area contributed by atoms with Gasteiger partial charge in [-0.1, -0.05) is 11.2 Å². The van der Waals surface area contributed by atoms with Crippen LogP contribution in [0.5, 0.6) is 0 Å². The number of piperidine rings is 1. The Morgan fingerprint density at radius 1 is 1.29 bits per heavy atom. The zero-order valence-corrected chi connectivity index (χ0v) is 12.8. The van der Waals surface area contributed by atoms with E-state index in [0.717, 1.165) is 0 Å². The van der Waals surface area contributed by atoms with Crippen molar-refractivity contribution in [1.29, 1.82) is 0 Å². The summed E-state index contributed by atoms with van der Waals surface area (Å²) >= 11 is 0. The number of hydroxylamine groups is 2. The molecule has 1 aromatic rings. The average molecular weight is 291 g/mol. The number of nitrogens with zero attached hydrogens (tertiary/aromatic N) is 3. The van der Waals surface area contributed by atoms with Gasteiger partial charge in [0, 0.05) is 19.0 Å². The van der Waals surface area contributed by atoms with Crippen molar-refractivity contribution in [2.24, 2.45) is 5.16 Å². The molecule has 0 saturated carbocycles. The predicted octanol–water partition coefficient (Wildman–Crippen LogP) is 2.64. The van der Waals surface area contributed by atoms with Crippen LogP contribution in [0, 0.1) is 0 Å². The second-order valence-electron chi connectivity index (χ2n) is 6.53. The van der Waals surface area contributed by atoms with Crippen molar-refractivity contribution in [3.05, 3.63) is 30.1 Å². The Hall–Kier alpha value is -1.95. The molecule has 0 amide bonds. The topological polar surface area (TPSA) is 75.0 Å². The standard InChI is InChI=1S/C15H21N3O3/c1-14(2)9-11(17-20)10-15(3,4)18(14)21-13(19)12-7-5-6-8-16-12/h5-8,20H,9-10H2,1-4H3. The summed E-state index contributed by atoms with van der Waals surface area (Å²) in [6, 6.07) is 5.11. The van der Waals surface area contributed by atoms with Gasteiger partial charge in [0.1, 0.15) is 5.69 Å². The third-order valence-electron chi connectivity index (χ3n) is 3.56. The summed E-state index contributed by atoms with van der Waals surface area (Å²) < 4.78 is 0. The predicted molar refractivity (Wildman–Crippen MR) is 78.1 cm³/mol. The smallest absolute Gasteiger partial charge is 0.375 e. The number of aromatic nitrogens is 1. The first-order valence-corrected chi connectivity index (χ1v) is 6.90. The summed E-state index contributed by atoms with van der Waals surface area (Å²) in [5, 5.41) is 14.1. The van der Waals surface area contributed by atoms with Crippen LogP contribution in [-0.2, 0) is 4.84 Å². The van der Waals surface area contributed by atoms with E-state index in [-0.39, 0.29) is 5.69 Å². The number of carbonyl (C=O) groups is 1. The molecule has 21 heavy (non-hydrogen) atoms. The number of rotatable bonds is 2. The molecule has 0 aliphatic carbocycles. The van der Waals surface area contributed by atoms with Crippen molar-refractivity contribution >= 4 is 11.7 Å². The fraction of sp³-hybridized carbons (Fsp3) is 0.533. The van der Waals surface area contributed by atoms with Gasteiger partial charge < -0.3 is 10.0 Å². The molecule has 6 heteroatoms. The maximum absolute atomic E-state index is 12.2. The molecular weight excluding hydrogens is 270 g/mol. The molecule has 6 nitrogen and oxygen atoms in total. The summed E-state index contributed by atoms with van der Waals surface area (Å²) in [6.45, 7) is 7.80. The van der Waals surface area contributed by atoms with Gasteiger partial charge in [0.25, 0.3) is 0 Å². The minimum Gasteiger partial charge on any atom is -0.411 e. The van der Waals surface area contributed by atoms with Gasteiger partial charge in [-0.3, -0.25) is 0 Å². The van der Waals surface area contributed by atoms with E-state index < -0.39 is 17.0 Å². The van der Waals surface area contributed by atoms with E-state index >= 15 is 0 Å². The molecule has 114 valence electrons. The number of oxime groups is 1. The quantitative estimate of drug-likeness (QED) is 0.669. The molecule has 1 saturated heterocycles. The van der Waals surface area contributed by atoms with Crippen molar-refractivity contribution < 1.29 is 14.8 Å². The van der Waals surface area contributed by atoms with Crippen molar-refractivity contribution in [2.45, 2.75) is 51.6 Å². The third-order valence-corrected chi connectivity index (χ3v) is 3.56. The first kappa shape index (κ1) is 15.4. The van der Waals surface area contributed by atoms with Gasteiger partial charge in [-0.25, -0.2) is 9.78 Å². The van der Waals surface area contributed by atoms with E-state index in [2.05, 4.69) is 10.1 Å². The average Bonchev–Trinajstić information content (AvgIpc) is 2.42. The molecule has 1 N–H and O–H groups in total. The summed E-state index contributed by atoms with van der Waals surface area (Å²) in [5.41, 5.74) is 0.0440. The fourth-order valence-corrected chi connectivity index (χ4v) is 2.96. The van der Waals surface area contributed by atoms with Gasteiger partial charge in [0.2, 0.25) is 0 Å². The van der Waals surface area contributed by atoms with Crippen LogP contribution in [0.3, 0.4) is 0 Å². The maximum Gasteiger partial charge on any atom is 0.375 e. The Kier molecular flexibility index (Phi) is 4.00. The number of carbonyl (C=O) groups excluding carboxylic acids is 1. The zero-order valence-electron chi connectivity index (χ0n) is 12.8. The van der Waals surface area contributed by atoms with Gasteiger partial charge in [-0.15, -0.1) is 5.06 Å². The lowest BCUT2D eigenvalue weighted by Gasteiger charge is -2.50. The highest BCUT2D eigenvalue weighted by molar-refractivity contribution is 5.88. The molecule has 1 aliphatic heterocycles. The molecule has 2 rings (SSSR count). The lowest BCUT2D eigenvalue weighted by Crippen LogP contribution is -2.61. The Bertz CT molecular complexity index is 533. The zero-order chi connectivity index (χ0) is 15.7. The van der Waals surface area contributed by atoms with Crippen LogP contribution in [0.1, 0.15) is 51.0 Å². The second kappa shape index (κ2) is 5.44. The second-order valence-corrected chi connectivity index (χ2v) is 6.53. The normalized spacial score (nSPS) is 20.9. The molecule has 1 aromatic heterocycles. The lowest BCUT2D eigenvalue weighted by atomic mass is 9.81. The summed E-state index contributed by atoms with van der Waals surface area (Å²) in [7, 11) is 0. The van der Waals surface area contributed by atoms with E-state index in [4.69, 9.17) is 10.0 Å². The van der Waals surface area contributed by atoms with Gasteiger partial charge in [0.05, 0.1) is 16.8 Å². The van der Waals surface area contributed by atoms with Gasteiger partial charge in [-0.2, -0.15) is 0 Å². The van der Waals surface area contributed by atoms with Crippen LogP contribution < -0.4 is 0 Å². The molecule has 1 fully saturated rings. The van der Waals surface area contributed by atoms with Crippen molar-refractivity contribution in [3.63, 3.8) is 0 Å². The summed E-state index contributed by atoms with van der Waals surface area (Å²) in [4.78, 5) is 21.8. The van der Waals surface area contributed by atoms with Crippen LogP contribution in [0.15, 0.2) is 29.6 Å². The Morgan fingerprint density at radius 3 is 2.38 bits per heavy atom. The largest absolute Gasteiger partial charge is 0.411 e. The molecule has 0 atom stereocenters.